The quantitative estimate of drug-likeness (QED) is 0.844. The largest absolute Gasteiger partial charge is 0.341 e. The summed E-state index contributed by atoms with van der Waals surface area (Å²) in [6.07, 6.45) is 0. The number of rotatable bonds is 3. The van der Waals surface area contributed by atoms with E-state index >= 15 is 0 Å². The van der Waals surface area contributed by atoms with E-state index in [1.54, 1.807) is 0 Å². The molecular weight excluding hydrogens is 275 g/mol. The molecule has 1 atom stereocenters. The van der Waals surface area contributed by atoms with Crippen molar-refractivity contribution in [1.82, 2.24) is 10.6 Å². The molecule has 3 amide bonds. The van der Waals surface area contributed by atoms with Crippen molar-refractivity contribution in [2.24, 2.45) is 0 Å². The van der Waals surface area contributed by atoms with Gasteiger partial charge < -0.3 is 5.32 Å². The van der Waals surface area contributed by atoms with Crippen LogP contribution < -0.4 is 10.6 Å². The van der Waals surface area contributed by atoms with E-state index in [9.17, 15) is 22.4 Å². The lowest BCUT2D eigenvalue weighted by Gasteiger charge is -2.12. The second-order valence-electron chi connectivity index (χ2n) is 3.71. The summed E-state index contributed by atoms with van der Waals surface area (Å²) in [7, 11) is -2.76. The summed E-state index contributed by atoms with van der Waals surface area (Å²) in [5, 5.41) is 2.48. The Morgan fingerprint density at radius 2 is 1.95 bits per heavy atom. The van der Waals surface area contributed by atoms with E-state index in [1.165, 1.54) is 19.2 Å². The fraction of sp³-hybridized carbons (Fsp3) is 0.273. The van der Waals surface area contributed by atoms with Crippen molar-refractivity contribution >= 4 is 21.8 Å². The van der Waals surface area contributed by atoms with E-state index in [0.29, 0.717) is 0 Å². The lowest BCUT2D eigenvalue weighted by atomic mass is 10.3. The number of hydrogen-bond donors (Lipinski definition) is 2. The van der Waals surface area contributed by atoms with Crippen LogP contribution in [0.4, 0.5) is 9.18 Å². The average Bonchev–Trinajstić information content (AvgIpc) is 2.37. The summed E-state index contributed by atoms with van der Waals surface area (Å²) in [4.78, 5) is 22.2. The number of nitrogens with one attached hydrogen (secondary N) is 2. The van der Waals surface area contributed by atoms with Crippen molar-refractivity contribution in [3.63, 3.8) is 0 Å². The Morgan fingerprint density at radius 3 is 2.47 bits per heavy atom. The number of urea groups is 1. The highest BCUT2D eigenvalue weighted by molar-refractivity contribution is 7.92. The minimum absolute atomic E-state index is 0.313. The van der Waals surface area contributed by atoms with Gasteiger partial charge in [0.1, 0.15) is 11.1 Å². The Labute approximate surface area is 109 Å². The highest BCUT2D eigenvalue weighted by atomic mass is 32.2. The van der Waals surface area contributed by atoms with E-state index < -0.39 is 32.8 Å². The minimum Gasteiger partial charge on any atom is -0.341 e. The molecule has 2 N–H and O–H groups in total. The van der Waals surface area contributed by atoms with E-state index in [0.717, 1.165) is 19.1 Å². The standard InChI is InChI=1S/C11H13FN2O4S/c1-7(10(15)14-11(16)13-2)19(17,18)9-5-3-4-8(12)6-9/h3-7H,1-2H3,(H2,13,14,15,16). The number of benzene rings is 1. The van der Waals surface area contributed by atoms with E-state index in [2.05, 4.69) is 5.32 Å². The number of sulfone groups is 1. The highest BCUT2D eigenvalue weighted by Crippen LogP contribution is 2.17. The van der Waals surface area contributed by atoms with Gasteiger partial charge in [0.05, 0.1) is 4.90 Å². The Hall–Kier alpha value is -1.96. The maximum Gasteiger partial charge on any atom is 0.321 e. The second-order valence-corrected chi connectivity index (χ2v) is 5.98. The molecule has 0 aromatic heterocycles. The molecular formula is C11H13FN2O4S. The molecule has 19 heavy (non-hydrogen) atoms. The van der Waals surface area contributed by atoms with Gasteiger partial charge in [-0.1, -0.05) is 6.07 Å². The van der Waals surface area contributed by atoms with Gasteiger partial charge >= 0.3 is 6.03 Å². The highest BCUT2D eigenvalue weighted by Gasteiger charge is 2.30. The average molecular weight is 288 g/mol. The SMILES string of the molecule is CNC(=O)NC(=O)C(C)S(=O)(=O)c1cccc(F)c1. The first-order valence-corrected chi connectivity index (χ1v) is 6.85. The van der Waals surface area contributed by atoms with Crippen LogP contribution in [0.3, 0.4) is 0 Å². The number of imide groups is 1. The maximum atomic E-state index is 13.0. The van der Waals surface area contributed by atoms with Crippen molar-refractivity contribution in [2.45, 2.75) is 17.1 Å². The Bertz CT molecular complexity index is 600. The second kappa shape index (κ2) is 5.79. The lowest BCUT2D eigenvalue weighted by Crippen LogP contribution is -2.44. The Balaban J connectivity index is 3.00. The first-order chi connectivity index (χ1) is 8.78. The number of carbonyl (C=O) groups excluding carboxylic acids is 2. The smallest absolute Gasteiger partial charge is 0.321 e. The van der Waals surface area contributed by atoms with E-state index in [1.807, 2.05) is 5.32 Å². The molecule has 0 fully saturated rings. The van der Waals surface area contributed by atoms with Crippen LogP contribution in [0.5, 0.6) is 0 Å². The van der Waals surface area contributed by atoms with Crippen molar-refractivity contribution < 1.29 is 22.4 Å². The maximum absolute atomic E-state index is 13.0. The summed E-state index contributed by atoms with van der Waals surface area (Å²) in [5.41, 5.74) is 0. The van der Waals surface area contributed by atoms with E-state index in [4.69, 9.17) is 0 Å². The third-order valence-corrected chi connectivity index (χ3v) is 4.48. The molecule has 0 aliphatic rings. The van der Waals surface area contributed by atoms with Gasteiger partial charge in [-0.2, -0.15) is 0 Å². The van der Waals surface area contributed by atoms with Gasteiger partial charge in [-0.3, -0.25) is 10.1 Å². The van der Waals surface area contributed by atoms with Gasteiger partial charge in [0.2, 0.25) is 5.91 Å². The van der Waals surface area contributed by atoms with Crippen LogP contribution in [0.1, 0.15) is 6.92 Å². The predicted molar refractivity (Wildman–Crippen MR) is 65.6 cm³/mol. The molecule has 0 saturated heterocycles. The van der Waals surface area contributed by atoms with Crippen LogP contribution in [-0.4, -0.2) is 32.7 Å². The molecule has 6 nitrogen and oxygen atoms in total. The van der Waals surface area contributed by atoms with E-state index in [-0.39, 0.29) is 4.90 Å². The van der Waals surface area contributed by atoms with Gasteiger partial charge in [-0.05, 0) is 25.1 Å². The number of halogens is 1. The lowest BCUT2D eigenvalue weighted by molar-refractivity contribution is -0.119. The minimum atomic E-state index is -4.05. The third-order valence-electron chi connectivity index (χ3n) is 2.42. The van der Waals surface area contributed by atoms with Crippen molar-refractivity contribution in [3.8, 4) is 0 Å². The summed E-state index contributed by atoms with van der Waals surface area (Å²) in [5.74, 6) is -1.71. The molecule has 1 unspecified atom stereocenters. The molecule has 0 aliphatic heterocycles. The molecule has 0 aliphatic carbocycles. The summed E-state index contributed by atoms with van der Waals surface area (Å²) >= 11 is 0. The zero-order valence-corrected chi connectivity index (χ0v) is 11.1. The third kappa shape index (κ3) is 3.50. The van der Waals surface area contributed by atoms with Gasteiger partial charge in [-0.15, -0.1) is 0 Å². The van der Waals surface area contributed by atoms with Gasteiger partial charge in [0.15, 0.2) is 9.84 Å². The molecule has 0 radical (unpaired) electrons. The number of carbonyl (C=O) groups is 2. The molecule has 0 spiro atoms. The van der Waals surface area contributed by atoms with Crippen LogP contribution in [0.15, 0.2) is 29.2 Å². The molecule has 104 valence electrons. The first kappa shape index (κ1) is 15.1. The Morgan fingerprint density at radius 1 is 1.32 bits per heavy atom. The van der Waals surface area contributed by atoms with Crippen LogP contribution in [0, 0.1) is 5.82 Å². The fourth-order valence-corrected chi connectivity index (χ4v) is 2.56. The normalized spacial score (nSPS) is 12.6. The molecule has 1 aromatic carbocycles. The summed E-state index contributed by atoms with van der Waals surface area (Å²) in [6, 6.07) is 3.51. The summed E-state index contributed by atoms with van der Waals surface area (Å²) in [6.45, 7) is 1.12. The molecule has 0 bridgehead atoms. The van der Waals surface area contributed by atoms with Crippen LogP contribution in [-0.2, 0) is 14.6 Å². The molecule has 8 heteroatoms. The number of amides is 3. The monoisotopic (exact) mass is 288 g/mol. The zero-order chi connectivity index (χ0) is 14.6. The fourth-order valence-electron chi connectivity index (χ4n) is 1.27. The van der Waals surface area contributed by atoms with Crippen LogP contribution in [0.2, 0.25) is 0 Å². The number of hydrogen-bond acceptors (Lipinski definition) is 4. The topological polar surface area (TPSA) is 92.3 Å². The first-order valence-electron chi connectivity index (χ1n) is 5.31. The van der Waals surface area contributed by atoms with Gasteiger partial charge in [-0.25, -0.2) is 17.6 Å². The summed E-state index contributed by atoms with van der Waals surface area (Å²) < 4.78 is 37.1. The van der Waals surface area contributed by atoms with Gasteiger partial charge in [0.25, 0.3) is 0 Å². The van der Waals surface area contributed by atoms with Gasteiger partial charge in [0, 0.05) is 7.05 Å². The molecule has 0 heterocycles. The van der Waals surface area contributed by atoms with Crippen molar-refractivity contribution in [3.05, 3.63) is 30.1 Å². The predicted octanol–water partition coefficient (Wildman–Crippen LogP) is 0.443. The van der Waals surface area contributed by atoms with Crippen molar-refractivity contribution in [1.29, 1.82) is 0 Å². The molecule has 1 rings (SSSR count). The molecule has 0 saturated carbocycles. The van der Waals surface area contributed by atoms with Crippen molar-refractivity contribution in [2.75, 3.05) is 7.05 Å². The zero-order valence-electron chi connectivity index (χ0n) is 10.3. The van der Waals surface area contributed by atoms with Crippen LogP contribution >= 0.6 is 0 Å². The molecule has 1 aromatic rings. The Kier molecular flexibility index (Phi) is 4.60. The van der Waals surface area contributed by atoms with Crippen LogP contribution in [0.25, 0.3) is 0 Å².